The number of nitrogens with zero attached hydrogens (tertiary/aromatic N) is 3. The van der Waals surface area contributed by atoms with E-state index in [-0.39, 0.29) is 0 Å². The lowest BCUT2D eigenvalue weighted by Crippen LogP contribution is -2.36. The Kier molecular flexibility index (Phi) is 4.10. The maximum atomic E-state index is 5.59. The van der Waals surface area contributed by atoms with Crippen LogP contribution in [-0.2, 0) is 0 Å². The maximum Gasteiger partial charge on any atom is 0.225 e. The third-order valence-corrected chi connectivity index (χ3v) is 3.18. The minimum Gasteiger partial charge on any atom is -0.338 e. The lowest BCUT2D eigenvalue weighted by atomic mass is 10.2. The summed E-state index contributed by atoms with van der Waals surface area (Å²) in [5.74, 6) is 0.864. The Bertz CT molecular complexity index is 295. The maximum absolute atomic E-state index is 5.59. The highest BCUT2D eigenvalue weighted by Crippen LogP contribution is 2.25. The molecular weight excluding hydrogens is 200 g/mol. The first kappa shape index (κ1) is 11.3. The van der Waals surface area contributed by atoms with Gasteiger partial charge in [0, 0.05) is 25.0 Å². The molecule has 1 heterocycles. The fourth-order valence-electron chi connectivity index (χ4n) is 2.36. The summed E-state index contributed by atoms with van der Waals surface area (Å²) in [7, 11) is 0. The third-order valence-electron chi connectivity index (χ3n) is 3.18. The molecule has 0 aromatic carbocycles. The Hall–Kier alpha value is -1.16. The number of hydrogen-bond donors (Lipinski definition) is 1. The SMILES string of the molecule is NCCCN(c1ncccn1)C1CCCC1. The van der Waals surface area contributed by atoms with Gasteiger partial charge in [0.1, 0.15) is 0 Å². The molecule has 2 N–H and O–H groups in total. The van der Waals surface area contributed by atoms with Gasteiger partial charge in [-0.2, -0.15) is 0 Å². The van der Waals surface area contributed by atoms with Gasteiger partial charge in [-0.3, -0.25) is 0 Å². The quantitative estimate of drug-likeness (QED) is 0.818. The van der Waals surface area contributed by atoms with Gasteiger partial charge >= 0.3 is 0 Å². The van der Waals surface area contributed by atoms with Crippen molar-refractivity contribution in [2.75, 3.05) is 18.0 Å². The van der Waals surface area contributed by atoms with Crippen molar-refractivity contribution in [3.8, 4) is 0 Å². The Morgan fingerprint density at radius 2 is 1.94 bits per heavy atom. The number of hydrogen-bond acceptors (Lipinski definition) is 4. The molecule has 4 heteroatoms. The van der Waals surface area contributed by atoms with Crippen LogP contribution in [0, 0.1) is 0 Å². The van der Waals surface area contributed by atoms with Gasteiger partial charge in [-0.15, -0.1) is 0 Å². The van der Waals surface area contributed by atoms with E-state index in [1.807, 2.05) is 18.5 Å². The van der Waals surface area contributed by atoms with E-state index in [9.17, 15) is 0 Å². The summed E-state index contributed by atoms with van der Waals surface area (Å²) in [4.78, 5) is 11.0. The molecule has 0 amide bonds. The standard InChI is InChI=1S/C12H20N4/c13-7-3-10-16(11-5-1-2-6-11)12-14-8-4-9-15-12/h4,8-9,11H,1-3,5-7,10,13H2. The van der Waals surface area contributed by atoms with Crippen molar-refractivity contribution in [3.63, 3.8) is 0 Å². The van der Waals surface area contributed by atoms with Crippen molar-refractivity contribution in [2.45, 2.75) is 38.1 Å². The third kappa shape index (κ3) is 2.70. The number of anilines is 1. The highest BCUT2D eigenvalue weighted by atomic mass is 15.3. The van der Waals surface area contributed by atoms with Crippen molar-refractivity contribution in [2.24, 2.45) is 5.73 Å². The monoisotopic (exact) mass is 220 g/mol. The largest absolute Gasteiger partial charge is 0.338 e. The first-order valence-electron chi connectivity index (χ1n) is 6.15. The predicted octanol–water partition coefficient (Wildman–Crippen LogP) is 1.57. The molecule has 1 aliphatic rings. The highest BCUT2D eigenvalue weighted by molar-refractivity contribution is 5.30. The summed E-state index contributed by atoms with van der Waals surface area (Å²) in [6.07, 6.45) is 9.83. The van der Waals surface area contributed by atoms with Crippen LogP contribution >= 0.6 is 0 Å². The van der Waals surface area contributed by atoms with E-state index < -0.39 is 0 Å². The van der Waals surface area contributed by atoms with Crippen molar-refractivity contribution in [3.05, 3.63) is 18.5 Å². The van der Waals surface area contributed by atoms with E-state index in [4.69, 9.17) is 5.73 Å². The van der Waals surface area contributed by atoms with Crippen LogP contribution in [0.5, 0.6) is 0 Å². The molecule has 88 valence electrons. The molecule has 0 radical (unpaired) electrons. The minimum absolute atomic E-state index is 0.619. The van der Waals surface area contributed by atoms with Crippen LogP contribution in [0.3, 0.4) is 0 Å². The normalized spacial score (nSPS) is 16.6. The number of aromatic nitrogens is 2. The molecule has 16 heavy (non-hydrogen) atoms. The second-order valence-electron chi connectivity index (χ2n) is 4.32. The van der Waals surface area contributed by atoms with E-state index in [1.165, 1.54) is 25.7 Å². The fraction of sp³-hybridized carbons (Fsp3) is 0.667. The van der Waals surface area contributed by atoms with Crippen molar-refractivity contribution >= 4 is 5.95 Å². The molecule has 1 aromatic heterocycles. The molecule has 2 rings (SSSR count). The molecule has 1 aromatic rings. The zero-order chi connectivity index (χ0) is 11.2. The van der Waals surface area contributed by atoms with Gasteiger partial charge in [0.2, 0.25) is 5.95 Å². The fourth-order valence-corrected chi connectivity index (χ4v) is 2.36. The summed E-state index contributed by atoms with van der Waals surface area (Å²) >= 11 is 0. The highest BCUT2D eigenvalue weighted by Gasteiger charge is 2.23. The minimum atomic E-state index is 0.619. The van der Waals surface area contributed by atoms with E-state index in [0.29, 0.717) is 6.04 Å². The zero-order valence-electron chi connectivity index (χ0n) is 9.68. The predicted molar refractivity (Wildman–Crippen MR) is 65.3 cm³/mol. The topological polar surface area (TPSA) is 55.0 Å². The molecule has 1 aliphatic carbocycles. The molecule has 0 aliphatic heterocycles. The number of rotatable bonds is 5. The molecule has 0 unspecified atom stereocenters. The molecule has 1 fully saturated rings. The Labute approximate surface area is 96.9 Å². The van der Waals surface area contributed by atoms with Crippen molar-refractivity contribution in [1.82, 2.24) is 9.97 Å². The molecule has 0 spiro atoms. The summed E-state index contributed by atoms with van der Waals surface area (Å²) in [5, 5.41) is 0. The van der Waals surface area contributed by atoms with Crippen LogP contribution < -0.4 is 10.6 Å². The van der Waals surface area contributed by atoms with E-state index in [1.54, 1.807) is 0 Å². The number of nitrogens with two attached hydrogens (primary N) is 1. The summed E-state index contributed by atoms with van der Waals surface area (Å²) in [5.41, 5.74) is 5.59. The molecule has 1 saturated carbocycles. The van der Waals surface area contributed by atoms with Crippen LogP contribution in [0.1, 0.15) is 32.1 Å². The first-order chi connectivity index (χ1) is 7.92. The Morgan fingerprint density at radius 3 is 2.56 bits per heavy atom. The molecule has 4 nitrogen and oxygen atoms in total. The molecule has 0 bridgehead atoms. The van der Waals surface area contributed by atoms with Gasteiger partial charge in [-0.1, -0.05) is 12.8 Å². The smallest absolute Gasteiger partial charge is 0.225 e. The van der Waals surface area contributed by atoms with Gasteiger partial charge in [0.25, 0.3) is 0 Å². The molecular formula is C12H20N4. The second kappa shape index (κ2) is 5.80. The average Bonchev–Trinajstić information content (AvgIpc) is 2.85. The van der Waals surface area contributed by atoms with E-state index >= 15 is 0 Å². The average molecular weight is 220 g/mol. The lowest BCUT2D eigenvalue weighted by Gasteiger charge is -2.28. The van der Waals surface area contributed by atoms with Gasteiger partial charge in [-0.05, 0) is 31.9 Å². The van der Waals surface area contributed by atoms with Crippen LogP contribution in [0.15, 0.2) is 18.5 Å². The van der Waals surface area contributed by atoms with E-state index in [0.717, 1.165) is 25.5 Å². The lowest BCUT2D eigenvalue weighted by molar-refractivity contribution is 0.580. The van der Waals surface area contributed by atoms with Crippen LogP contribution in [0.2, 0.25) is 0 Å². The van der Waals surface area contributed by atoms with Gasteiger partial charge < -0.3 is 10.6 Å². The van der Waals surface area contributed by atoms with E-state index in [2.05, 4.69) is 14.9 Å². The van der Waals surface area contributed by atoms with Crippen LogP contribution in [0.4, 0.5) is 5.95 Å². The van der Waals surface area contributed by atoms with Crippen LogP contribution in [0.25, 0.3) is 0 Å². The Morgan fingerprint density at radius 1 is 1.25 bits per heavy atom. The van der Waals surface area contributed by atoms with Gasteiger partial charge in [0.05, 0.1) is 0 Å². The van der Waals surface area contributed by atoms with Gasteiger partial charge in [0.15, 0.2) is 0 Å². The Balaban J connectivity index is 2.07. The van der Waals surface area contributed by atoms with Crippen molar-refractivity contribution in [1.29, 1.82) is 0 Å². The summed E-state index contributed by atoms with van der Waals surface area (Å²) in [6, 6.07) is 2.48. The molecule has 0 atom stereocenters. The first-order valence-corrected chi connectivity index (χ1v) is 6.15. The van der Waals surface area contributed by atoms with Gasteiger partial charge in [-0.25, -0.2) is 9.97 Å². The summed E-state index contributed by atoms with van der Waals surface area (Å²) < 4.78 is 0. The van der Waals surface area contributed by atoms with Crippen molar-refractivity contribution < 1.29 is 0 Å². The summed E-state index contributed by atoms with van der Waals surface area (Å²) in [6.45, 7) is 1.71. The van der Waals surface area contributed by atoms with Crippen LogP contribution in [-0.4, -0.2) is 29.1 Å². The second-order valence-corrected chi connectivity index (χ2v) is 4.32. The zero-order valence-corrected chi connectivity index (χ0v) is 9.68. The molecule has 0 saturated heterocycles.